The van der Waals surface area contributed by atoms with Crippen LogP contribution in [0.3, 0.4) is 0 Å². The Morgan fingerprint density at radius 2 is 1.59 bits per heavy atom. The van der Waals surface area contributed by atoms with Crippen molar-refractivity contribution in [2.45, 2.75) is 33.6 Å². The number of likely N-dealkylation sites (tertiary alicyclic amines) is 1. The third-order valence-electron chi connectivity index (χ3n) is 4.84. The monoisotopic (exact) mass is 305 g/mol. The summed E-state index contributed by atoms with van der Waals surface area (Å²) in [4.78, 5) is 19.3. The molecule has 2 rings (SSSR count). The maximum absolute atomic E-state index is 12.3. The summed E-state index contributed by atoms with van der Waals surface area (Å²) in [7, 11) is 0. The van der Waals surface area contributed by atoms with E-state index in [0.717, 1.165) is 64.6 Å². The molecule has 2 aliphatic rings. The molecule has 0 atom stereocenters. The van der Waals surface area contributed by atoms with Gasteiger partial charge in [0.05, 0.1) is 6.54 Å². The van der Waals surface area contributed by atoms with Crippen LogP contribution in [0.1, 0.15) is 33.6 Å². The average molecular weight is 305 g/mol. The number of terminal acetylenes is 1. The standard InChI is InChI=1S/C18H31N3O/c1-5-8-19-11-13-20(14-12-19)15-16-6-9-21(10-7-16)17(22)18(2,3)4/h1,16H,6-15H2,2-4H3. The highest BCUT2D eigenvalue weighted by Crippen LogP contribution is 2.24. The van der Waals surface area contributed by atoms with Crippen LogP contribution in [0.25, 0.3) is 0 Å². The summed E-state index contributed by atoms with van der Waals surface area (Å²) in [5.41, 5.74) is -0.250. The van der Waals surface area contributed by atoms with E-state index in [9.17, 15) is 4.79 Å². The molecule has 0 aliphatic carbocycles. The largest absolute Gasteiger partial charge is 0.342 e. The van der Waals surface area contributed by atoms with Crippen molar-refractivity contribution in [3.05, 3.63) is 0 Å². The summed E-state index contributed by atoms with van der Waals surface area (Å²) < 4.78 is 0. The average Bonchev–Trinajstić information content (AvgIpc) is 2.49. The molecule has 4 nitrogen and oxygen atoms in total. The van der Waals surface area contributed by atoms with Crippen LogP contribution in [0.5, 0.6) is 0 Å². The zero-order valence-electron chi connectivity index (χ0n) is 14.5. The van der Waals surface area contributed by atoms with Gasteiger partial charge in [-0.25, -0.2) is 0 Å². The molecule has 1 amide bonds. The number of nitrogens with zero attached hydrogens (tertiary/aromatic N) is 3. The molecule has 124 valence electrons. The SMILES string of the molecule is C#CCN1CCN(CC2CCN(C(=O)C(C)(C)C)CC2)CC1. The third-order valence-corrected chi connectivity index (χ3v) is 4.84. The van der Waals surface area contributed by atoms with Crippen molar-refractivity contribution in [1.82, 2.24) is 14.7 Å². The van der Waals surface area contributed by atoms with E-state index in [-0.39, 0.29) is 5.41 Å². The fraction of sp³-hybridized carbons (Fsp3) is 0.833. The zero-order valence-corrected chi connectivity index (χ0v) is 14.5. The van der Waals surface area contributed by atoms with E-state index >= 15 is 0 Å². The lowest BCUT2D eigenvalue weighted by molar-refractivity contribution is -0.141. The molecule has 2 aliphatic heterocycles. The number of piperidine rings is 1. The number of carbonyl (C=O) groups is 1. The molecular formula is C18H31N3O. The maximum Gasteiger partial charge on any atom is 0.227 e. The Morgan fingerprint density at radius 3 is 2.09 bits per heavy atom. The third kappa shape index (κ3) is 4.72. The van der Waals surface area contributed by atoms with Crippen LogP contribution in [-0.4, -0.2) is 73.0 Å². The Labute approximate surface area is 135 Å². The minimum Gasteiger partial charge on any atom is -0.342 e. The van der Waals surface area contributed by atoms with Crippen LogP contribution in [0.15, 0.2) is 0 Å². The van der Waals surface area contributed by atoms with Crippen molar-refractivity contribution in [2.24, 2.45) is 11.3 Å². The Morgan fingerprint density at radius 1 is 1.05 bits per heavy atom. The van der Waals surface area contributed by atoms with E-state index in [2.05, 4.69) is 20.6 Å². The molecule has 2 heterocycles. The lowest BCUT2D eigenvalue weighted by Crippen LogP contribution is -2.49. The Balaban J connectivity index is 1.70. The number of rotatable bonds is 3. The van der Waals surface area contributed by atoms with Crippen molar-refractivity contribution < 1.29 is 4.79 Å². The fourth-order valence-corrected chi connectivity index (χ4v) is 3.42. The summed E-state index contributed by atoms with van der Waals surface area (Å²) in [6, 6.07) is 0. The molecule has 2 fully saturated rings. The van der Waals surface area contributed by atoms with Gasteiger partial charge >= 0.3 is 0 Å². The summed E-state index contributed by atoms with van der Waals surface area (Å²) >= 11 is 0. The summed E-state index contributed by atoms with van der Waals surface area (Å²) in [5.74, 6) is 3.77. The molecule has 0 saturated carbocycles. The summed E-state index contributed by atoms with van der Waals surface area (Å²) in [6.07, 6.45) is 7.66. The fourth-order valence-electron chi connectivity index (χ4n) is 3.42. The number of piperazine rings is 1. The number of carbonyl (C=O) groups excluding carboxylic acids is 1. The van der Waals surface area contributed by atoms with Crippen LogP contribution < -0.4 is 0 Å². The molecule has 0 spiro atoms. The van der Waals surface area contributed by atoms with E-state index in [1.807, 2.05) is 20.8 Å². The molecule has 2 saturated heterocycles. The van der Waals surface area contributed by atoms with Crippen molar-refractivity contribution in [1.29, 1.82) is 0 Å². The molecule has 4 heteroatoms. The first-order valence-corrected chi connectivity index (χ1v) is 8.57. The maximum atomic E-state index is 12.3. The zero-order chi connectivity index (χ0) is 16.2. The van der Waals surface area contributed by atoms with Crippen molar-refractivity contribution in [2.75, 3.05) is 52.4 Å². The van der Waals surface area contributed by atoms with Crippen LogP contribution >= 0.6 is 0 Å². The van der Waals surface area contributed by atoms with Gasteiger partial charge in [0.2, 0.25) is 5.91 Å². The summed E-state index contributed by atoms with van der Waals surface area (Å²) in [6.45, 7) is 14.3. The lowest BCUT2D eigenvalue weighted by atomic mass is 9.91. The molecule has 0 bridgehead atoms. The molecule has 0 unspecified atom stereocenters. The summed E-state index contributed by atoms with van der Waals surface area (Å²) in [5, 5.41) is 0. The van der Waals surface area contributed by atoms with Crippen molar-refractivity contribution in [3.8, 4) is 12.3 Å². The molecule has 0 radical (unpaired) electrons. The van der Waals surface area contributed by atoms with Crippen LogP contribution in [0.4, 0.5) is 0 Å². The van der Waals surface area contributed by atoms with E-state index in [1.54, 1.807) is 0 Å². The van der Waals surface area contributed by atoms with Gasteiger partial charge < -0.3 is 9.80 Å². The van der Waals surface area contributed by atoms with Crippen LogP contribution in [-0.2, 0) is 4.79 Å². The molecule has 0 N–H and O–H groups in total. The minimum absolute atomic E-state index is 0.250. The highest BCUT2D eigenvalue weighted by Gasteiger charge is 2.31. The molecular weight excluding hydrogens is 274 g/mol. The minimum atomic E-state index is -0.250. The van der Waals surface area contributed by atoms with Gasteiger partial charge in [-0.3, -0.25) is 9.69 Å². The molecule has 0 aromatic heterocycles. The van der Waals surface area contributed by atoms with E-state index in [4.69, 9.17) is 6.42 Å². The highest BCUT2D eigenvalue weighted by molar-refractivity contribution is 5.81. The van der Waals surface area contributed by atoms with Gasteiger partial charge in [0.1, 0.15) is 0 Å². The second-order valence-electron chi connectivity index (χ2n) is 7.77. The van der Waals surface area contributed by atoms with Gasteiger partial charge in [-0.1, -0.05) is 26.7 Å². The predicted octanol–water partition coefficient (Wildman–Crippen LogP) is 1.52. The molecule has 22 heavy (non-hydrogen) atoms. The van der Waals surface area contributed by atoms with Crippen LogP contribution in [0, 0.1) is 23.7 Å². The van der Waals surface area contributed by atoms with Gasteiger partial charge in [0.25, 0.3) is 0 Å². The quantitative estimate of drug-likeness (QED) is 0.740. The molecule has 0 aromatic carbocycles. The van der Waals surface area contributed by atoms with E-state index in [0.29, 0.717) is 5.91 Å². The Kier molecular flexibility index (Phi) is 5.88. The van der Waals surface area contributed by atoms with Crippen LogP contribution in [0.2, 0.25) is 0 Å². The first-order valence-electron chi connectivity index (χ1n) is 8.57. The van der Waals surface area contributed by atoms with E-state index in [1.165, 1.54) is 6.54 Å². The van der Waals surface area contributed by atoms with Crippen molar-refractivity contribution in [3.63, 3.8) is 0 Å². The van der Waals surface area contributed by atoms with Gasteiger partial charge in [-0.2, -0.15) is 0 Å². The smallest absolute Gasteiger partial charge is 0.227 e. The normalized spacial score (nSPS) is 22.5. The number of hydrogen-bond acceptors (Lipinski definition) is 3. The van der Waals surface area contributed by atoms with Gasteiger partial charge in [-0.15, -0.1) is 6.42 Å². The topological polar surface area (TPSA) is 26.8 Å². The Hall–Kier alpha value is -1.05. The van der Waals surface area contributed by atoms with Gasteiger partial charge in [0, 0.05) is 51.2 Å². The van der Waals surface area contributed by atoms with Crippen molar-refractivity contribution >= 4 is 5.91 Å². The first-order chi connectivity index (χ1) is 10.4. The Bertz CT molecular complexity index is 405. The lowest BCUT2D eigenvalue weighted by Gasteiger charge is -2.39. The number of amides is 1. The second kappa shape index (κ2) is 7.48. The van der Waals surface area contributed by atoms with Gasteiger partial charge in [-0.05, 0) is 18.8 Å². The highest BCUT2D eigenvalue weighted by atomic mass is 16.2. The second-order valence-corrected chi connectivity index (χ2v) is 7.77. The predicted molar refractivity (Wildman–Crippen MR) is 90.5 cm³/mol. The van der Waals surface area contributed by atoms with Gasteiger partial charge in [0.15, 0.2) is 0 Å². The first kappa shape index (κ1) is 17.3. The van der Waals surface area contributed by atoms with E-state index < -0.39 is 0 Å². The number of hydrogen-bond donors (Lipinski definition) is 0. The molecule has 0 aromatic rings.